The third-order valence-electron chi connectivity index (χ3n) is 4.55. The average molecular weight is 381 g/mol. The maximum absolute atomic E-state index is 12.8. The van der Waals surface area contributed by atoms with Gasteiger partial charge in [-0.3, -0.25) is 15.1 Å². The molecule has 0 aliphatic carbocycles. The zero-order chi connectivity index (χ0) is 19.0. The van der Waals surface area contributed by atoms with Crippen molar-refractivity contribution in [2.45, 2.75) is 13.0 Å². The van der Waals surface area contributed by atoms with Gasteiger partial charge in [0.1, 0.15) is 0 Å². The maximum atomic E-state index is 12.8. The van der Waals surface area contributed by atoms with Gasteiger partial charge in [0.2, 0.25) is 0 Å². The molecule has 0 bridgehead atoms. The van der Waals surface area contributed by atoms with E-state index in [4.69, 9.17) is 0 Å². The van der Waals surface area contributed by atoms with E-state index in [0.29, 0.717) is 30.2 Å². The highest BCUT2D eigenvalue weighted by molar-refractivity contribution is 7.22. The fourth-order valence-corrected chi connectivity index (χ4v) is 4.09. The quantitative estimate of drug-likeness (QED) is 0.740. The van der Waals surface area contributed by atoms with E-state index < -0.39 is 0 Å². The zero-order valence-corrected chi connectivity index (χ0v) is 15.9. The topological polar surface area (TPSA) is 78.4 Å². The van der Waals surface area contributed by atoms with Gasteiger partial charge in [0.25, 0.3) is 5.91 Å². The Labute approximate surface area is 160 Å². The van der Waals surface area contributed by atoms with Gasteiger partial charge in [-0.25, -0.2) is 9.78 Å². The number of nitrogens with one attached hydrogen (secondary N) is 1. The molecule has 0 saturated heterocycles. The van der Waals surface area contributed by atoms with Crippen molar-refractivity contribution >= 4 is 38.6 Å². The van der Waals surface area contributed by atoms with Crippen LogP contribution >= 0.6 is 11.3 Å². The van der Waals surface area contributed by atoms with Crippen molar-refractivity contribution in [3.8, 4) is 0 Å². The number of benzene rings is 1. The van der Waals surface area contributed by atoms with Crippen LogP contribution in [0, 0.1) is 0 Å². The number of carbonyl (C=O) groups excluding carboxylic acids is 2. The number of pyridine rings is 1. The number of urea groups is 1. The molecule has 0 radical (unpaired) electrons. The number of hydrogen-bond acceptors (Lipinski definition) is 5. The molecule has 1 N–H and O–H groups in total. The molecule has 0 saturated carbocycles. The highest BCUT2D eigenvalue weighted by Crippen LogP contribution is 2.27. The van der Waals surface area contributed by atoms with Gasteiger partial charge in [0.15, 0.2) is 5.13 Å². The number of nitrogens with zero attached hydrogens (tertiary/aromatic N) is 4. The van der Waals surface area contributed by atoms with Crippen LogP contribution in [0.1, 0.15) is 21.5 Å². The van der Waals surface area contributed by atoms with E-state index >= 15 is 0 Å². The van der Waals surface area contributed by atoms with Crippen LogP contribution in [-0.2, 0) is 13.0 Å². The first-order chi connectivity index (χ1) is 13.0. The highest BCUT2D eigenvalue weighted by atomic mass is 32.1. The summed E-state index contributed by atoms with van der Waals surface area (Å²) in [4.78, 5) is 37.0. The Morgan fingerprint density at radius 2 is 2.04 bits per heavy atom. The second-order valence-corrected chi connectivity index (χ2v) is 7.64. The second-order valence-electron chi connectivity index (χ2n) is 6.61. The number of thiazole rings is 1. The van der Waals surface area contributed by atoms with Crippen molar-refractivity contribution in [1.29, 1.82) is 0 Å². The number of para-hydroxylation sites is 1. The normalized spacial score (nSPS) is 13.3. The third-order valence-corrected chi connectivity index (χ3v) is 5.50. The molecular weight excluding hydrogens is 362 g/mol. The molecule has 0 unspecified atom stereocenters. The predicted molar refractivity (Wildman–Crippen MR) is 105 cm³/mol. The molecule has 0 spiro atoms. The van der Waals surface area contributed by atoms with E-state index in [9.17, 15) is 9.59 Å². The lowest BCUT2D eigenvalue weighted by atomic mass is 9.97. The number of aromatic nitrogens is 2. The SMILES string of the molecule is CN(C)C(=O)N1CCc2c(cncc2C(=O)Nc2nc3ccccc3s2)C1. The molecule has 7 nitrogen and oxygen atoms in total. The summed E-state index contributed by atoms with van der Waals surface area (Å²) < 4.78 is 1.03. The van der Waals surface area contributed by atoms with E-state index in [1.165, 1.54) is 11.3 Å². The van der Waals surface area contributed by atoms with E-state index in [1.807, 2.05) is 24.3 Å². The molecule has 1 aliphatic rings. The summed E-state index contributed by atoms with van der Waals surface area (Å²) in [7, 11) is 3.47. The zero-order valence-electron chi connectivity index (χ0n) is 15.1. The molecule has 1 aliphatic heterocycles. The minimum atomic E-state index is -0.217. The Hall–Kier alpha value is -3.00. The number of anilines is 1. The first-order valence-electron chi connectivity index (χ1n) is 8.62. The van der Waals surface area contributed by atoms with Gasteiger partial charge in [-0.2, -0.15) is 0 Å². The minimum Gasteiger partial charge on any atom is -0.331 e. The number of rotatable bonds is 2. The molecule has 138 valence electrons. The van der Waals surface area contributed by atoms with Crippen LogP contribution in [0.3, 0.4) is 0 Å². The summed E-state index contributed by atoms with van der Waals surface area (Å²) >= 11 is 1.44. The average Bonchev–Trinajstić information content (AvgIpc) is 3.08. The van der Waals surface area contributed by atoms with E-state index in [0.717, 1.165) is 21.3 Å². The first kappa shape index (κ1) is 17.4. The Balaban J connectivity index is 1.57. The number of carbonyl (C=O) groups is 2. The van der Waals surface area contributed by atoms with Gasteiger partial charge in [-0.1, -0.05) is 23.5 Å². The summed E-state index contributed by atoms with van der Waals surface area (Å²) in [5.74, 6) is -0.217. The molecule has 4 rings (SSSR count). The van der Waals surface area contributed by atoms with Crippen LogP contribution in [0.5, 0.6) is 0 Å². The van der Waals surface area contributed by atoms with Gasteiger partial charge in [0, 0.05) is 39.6 Å². The second kappa shape index (κ2) is 6.96. The summed E-state index contributed by atoms with van der Waals surface area (Å²) in [5.41, 5.74) is 3.27. The lowest BCUT2D eigenvalue weighted by Crippen LogP contribution is -2.42. The fraction of sp³-hybridized carbons (Fsp3) is 0.263. The maximum Gasteiger partial charge on any atom is 0.319 e. The Morgan fingerprint density at radius 3 is 2.81 bits per heavy atom. The third kappa shape index (κ3) is 3.35. The minimum absolute atomic E-state index is 0.0371. The van der Waals surface area contributed by atoms with E-state index in [-0.39, 0.29) is 11.9 Å². The smallest absolute Gasteiger partial charge is 0.319 e. The Kier molecular flexibility index (Phi) is 4.49. The molecule has 0 atom stereocenters. The summed E-state index contributed by atoms with van der Waals surface area (Å²) in [5, 5.41) is 3.46. The number of amides is 3. The molecule has 3 heterocycles. The fourth-order valence-electron chi connectivity index (χ4n) is 3.23. The molecule has 27 heavy (non-hydrogen) atoms. The molecule has 3 aromatic rings. The molecule has 1 aromatic carbocycles. The van der Waals surface area contributed by atoms with Crippen LogP contribution in [-0.4, -0.2) is 52.3 Å². The number of hydrogen-bond donors (Lipinski definition) is 1. The van der Waals surface area contributed by atoms with Gasteiger partial charge in [-0.05, 0) is 29.7 Å². The summed E-state index contributed by atoms with van der Waals surface area (Å²) in [6.45, 7) is 1.04. The van der Waals surface area contributed by atoms with E-state index in [1.54, 1.807) is 36.3 Å². The molecule has 3 amide bonds. The summed E-state index contributed by atoms with van der Waals surface area (Å²) in [6.07, 6.45) is 3.95. The van der Waals surface area contributed by atoms with Gasteiger partial charge in [-0.15, -0.1) is 0 Å². The lowest BCUT2D eigenvalue weighted by Gasteiger charge is -2.31. The van der Waals surface area contributed by atoms with Crippen molar-refractivity contribution in [3.05, 3.63) is 53.3 Å². The van der Waals surface area contributed by atoms with E-state index in [2.05, 4.69) is 15.3 Å². The Bertz CT molecular complexity index is 997. The van der Waals surface area contributed by atoms with Crippen molar-refractivity contribution in [2.24, 2.45) is 0 Å². The summed E-state index contributed by atoms with van der Waals surface area (Å²) in [6, 6.07) is 7.73. The first-order valence-corrected chi connectivity index (χ1v) is 9.43. The standard InChI is InChI=1S/C19H19N5O2S/c1-23(2)19(26)24-8-7-13-12(11-24)9-20-10-14(13)17(25)22-18-21-15-5-3-4-6-16(15)27-18/h3-6,9-10H,7-8,11H2,1-2H3,(H,21,22,25). The van der Waals surface area contributed by atoms with Crippen molar-refractivity contribution in [2.75, 3.05) is 26.0 Å². The van der Waals surface area contributed by atoms with Crippen LogP contribution in [0.4, 0.5) is 9.93 Å². The van der Waals surface area contributed by atoms with Gasteiger partial charge >= 0.3 is 6.03 Å². The molecule has 0 fully saturated rings. The van der Waals surface area contributed by atoms with Crippen LogP contribution < -0.4 is 5.32 Å². The van der Waals surface area contributed by atoms with Crippen molar-refractivity contribution in [1.82, 2.24) is 19.8 Å². The molecule has 8 heteroatoms. The van der Waals surface area contributed by atoms with Crippen molar-refractivity contribution in [3.63, 3.8) is 0 Å². The Morgan fingerprint density at radius 1 is 1.22 bits per heavy atom. The predicted octanol–water partition coefficient (Wildman–Crippen LogP) is 2.98. The van der Waals surface area contributed by atoms with Crippen LogP contribution in [0.15, 0.2) is 36.7 Å². The molecular formula is C19H19N5O2S. The van der Waals surface area contributed by atoms with Crippen LogP contribution in [0.2, 0.25) is 0 Å². The van der Waals surface area contributed by atoms with Gasteiger partial charge < -0.3 is 9.80 Å². The molecule has 2 aromatic heterocycles. The number of fused-ring (bicyclic) bond motifs is 2. The lowest BCUT2D eigenvalue weighted by molar-refractivity contribution is 0.102. The highest BCUT2D eigenvalue weighted by Gasteiger charge is 2.26. The largest absolute Gasteiger partial charge is 0.331 e. The van der Waals surface area contributed by atoms with Gasteiger partial charge in [0.05, 0.1) is 15.8 Å². The van der Waals surface area contributed by atoms with Crippen molar-refractivity contribution < 1.29 is 9.59 Å². The van der Waals surface area contributed by atoms with Crippen LogP contribution in [0.25, 0.3) is 10.2 Å². The monoisotopic (exact) mass is 381 g/mol.